The first-order chi connectivity index (χ1) is 12.9. The number of hydrogen-bond acceptors (Lipinski definition) is 2. The molecule has 2 heteroatoms. The van der Waals surface area contributed by atoms with Crippen molar-refractivity contribution in [3.63, 3.8) is 0 Å². The van der Waals surface area contributed by atoms with Crippen molar-refractivity contribution in [3.8, 4) is 0 Å². The van der Waals surface area contributed by atoms with E-state index < -0.39 is 0 Å². The van der Waals surface area contributed by atoms with Gasteiger partial charge in [-0.1, -0.05) is 37.6 Å². The summed E-state index contributed by atoms with van der Waals surface area (Å²) in [6.45, 7) is 9.44. The fourth-order valence-corrected chi connectivity index (χ4v) is 9.83. The van der Waals surface area contributed by atoms with Crippen LogP contribution in [0.5, 0.6) is 0 Å². The van der Waals surface area contributed by atoms with E-state index in [1.54, 1.807) is 5.57 Å². The Hall–Kier alpha value is -1.05. The molecule has 0 N–H and O–H groups in total. The van der Waals surface area contributed by atoms with Gasteiger partial charge in [-0.2, -0.15) is 0 Å². The SMILES string of the molecule is C=C1C=C2[C@@H]3C[C@@H]3[C@H]3[C@@H]4[C@@H]5C[C@@H]5[C@@]5(CCC(=O)O5)[C@@]4(C)CC[C@@H]3[C@@]2(C)CC1. The fourth-order valence-electron chi connectivity index (χ4n) is 9.83. The third-order valence-corrected chi connectivity index (χ3v) is 11.0. The number of hydrogen-bond donors (Lipinski definition) is 0. The number of carbonyl (C=O) groups is 1. The Morgan fingerprint density at radius 3 is 2.70 bits per heavy atom. The van der Waals surface area contributed by atoms with Crippen LogP contribution in [0.4, 0.5) is 0 Å². The van der Waals surface area contributed by atoms with Gasteiger partial charge in [-0.15, -0.1) is 0 Å². The van der Waals surface area contributed by atoms with Crippen molar-refractivity contribution >= 4 is 5.97 Å². The highest BCUT2D eigenvalue weighted by Crippen LogP contribution is 2.82. The summed E-state index contributed by atoms with van der Waals surface area (Å²) < 4.78 is 6.25. The van der Waals surface area contributed by atoms with Crippen LogP contribution in [0.3, 0.4) is 0 Å². The molecule has 6 fully saturated rings. The van der Waals surface area contributed by atoms with Crippen LogP contribution in [-0.2, 0) is 9.53 Å². The maximum Gasteiger partial charge on any atom is 0.306 e. The maximum absolute atomic E-state index is 12.2. The van der Waals surface area contributed by atoms with E-state index in [1.807, 2.05) is 0 Å². The first-order valence-corrected chi connectivity index (χ1v) is 11.5. The van der Waals surface area contributed by atoms with Crippen LogP contribution < -0.4 is 0 Å². The molecule has 0 amide bonds. The van der Waals surface area contributed by atoms with Crippen LogP contribution in [0.25, 0.3) is 0 Å². The van der Waals surface area contributed by atoms with Crippen molar-refractivity contribution in [2.24, 2.45) is 52.3 Å². The summed E-state index contributed by atoms with van der Waals surface area (Å²) in [6, 6.07) is 0. The summed E-state index contributed by atoms with van der Waals surface area (Å²) in [5.41, 5.74) is 3.72. The highest BCUT2D eigenvalue weighted by molar-refractivity contribution is 5.73. The van der Waals surface area contributed by atoms with Gasteiger partial charge < -0.3 is 4.74 Å². The van der Waals surface area contributed by atoms with Gasteiger partial charge in [0.25, 0.3) is 0 Å². The van der Waals surface area contributed by atoms with Gasteiger partial charge in [0.05, 0.1) is 0 Å². The van der Waals surface area contributed by atoms with E-state index in [-0.39, 0.29) is 17.0 Å². The van der Waals surface area contributed by atoms with Gasteiger partial charge in [0.2, 0.25) is 0 Å². The number of carbonyl (C=O) groups excluding carboxylic acids is 1. The van der Waals surface area contributed by atoms with Gasteiger partial charge in [0.1, 0.15) is 5.60 Å². The summed E-state index contributed by atoms with van der Waals surface area (Å²) in [5, 5.41) is 0. The molecule has 0 aromatic carbocycles. The van der Waals surface area contributed by atoms with Gasteiger partial charge in [0.15, 0.2) is 0 Å². The van der Waals surface area contributed by atoms with Crippen molar-refractivity contribution in [1.29, 1.82) is 0 Å². The van der Waals surface area contributed by atoms with Crippen molar-refractivity contribution < 1.29 is 9.53 Å². The normalized spacial score (nSPS) is 62.0. The molecule has 1 spiro atoms. The Morgan fingerprint density at radius 1 is 1.07 bits per heavy atom. The lowest BCUT2D eigenvalue weighted by Gasteiger charge is -2.60. The van der Waals surface area contributed by atoms with Crippen LogP contribution in [0.2, 0.25) is 0 Å². The number of rotatable bonds is 0. The third kappa shape index (κ3) is 1.59. The molecule has 0 radical (unpaired) electrons. The lowest BCUT2D eigenvalue weighted by Crippen LogP contribution is -2.57. The number of ether oxygens (including phenoxy) is 1. The molecule has 5 saturated carbocycles. The van der Waals surface area contributed by atoms with E-state index in [4.69, 9.17) is 4.74 Å². The van der Waals surface area contributed by atoms with Gasteiger partial charge in [-0.25, -0.2) is 0 Å². The molecule has 10 atom stereocenters. The molecule has 0 aromatic rings. The zero-order valence-corrected chi connectivity index (χ0v) is 16.8. The van der Waals surface area contributed by atoms with Gasteiger partial charge >= 0.3 is 5.97 Å². The minimum atomic E-state index is -0.0906. The van der Waals surface area contributed by atoms with Crippen molar-refractivity contribution in [2.45, 2.75) is 70.8 Å². The Labute approximate surface area is 162 Å². The molecule has 1 heterocycles. The van der Waals surface area contributed by atoms with Crippen LogP contribution in [-0.4, -0.2) is 11.6 Å². The second kappa shape index (κ2) is 4.41. The van der Waals surface area contributed by atoms with Crippen LogP contribution in [0.15, 0.2) is 23.8 Å². The molecule has 0 bridgehead atoms. The minimum Gasteiger partial charge on any atom is -0.458 e. The molecule has 6 aliphatic carbocycles. The monoisotopic (exact) mass is 364 g/mol. The van der Waals surface area contributed by atoms with E-state index in [9.17, 15) is 4.79 Å². The van der Waals surface area contributed by atoms with Crippen molar-refractivity contribution in [1.82, 2.24) is 0 Å². The zero-order valence-electron chi connectivity index (χ0n) is 16.8. The molecule has 7 rings (SSSR count). The molecule has 7 aliphatic rings. The zero-order chi connectivity index (χ0) is 18.3. The first-order valence-electron chi connectivity index (χ1n) is 11.5. The van der Waals surface area contributed by atoms with E-state index in [0.717, 1.165) is 41.9 Å². The fraction of sp³-hybridized carbons (Fsp3) is 0.800. The van der Waals surface area contributed by atoms with Crippen LogP contribution in [0.1, 0.15) is 65.2 Å². The average Bonchev–Trinajstić information content (AvgIpc) is 3.53. The molecular formula is C25H32O2. The maximum atomic E-state index is 12.2. The largest absolute Gasteiger partial charge is 0.458 e. The van der Waals surface area contributed by atoms with Crippen molar-refractivity contribution in [3.05, 3.63) is 23.8 Å². The van der Waals surface area contributed by atoms with E-state index in [0.29, 0.717) is 17.8 Å². The van der Waals surface area contributed by atoms with Crippen LogP contribution >= 0.6 is 0 Å². The lowest BCUT2D eigenvalue weighted by atomic mass is 9.45. The topological polar surface area (TPSA) is 26.3 Å². The molecule has 27 heavy (non-hydrogen) atoms. The number of fused-ring (bicyclic) bond motifs is 12. The van der Waals surface area contributed by atoms with E-state index >= 15 is 0 Å². The first kappa shape index (κ1) is 15.8. The second-order valence-electron chi connectivity index (χ2n) is 11.7. The van der Waals surface area contributed by atoms with Crippen LogP contribution in [0, 0.1) is 52.3 Å². The third-order valence-electron chi connectivity index (χ3n) is 11.0. The smallest absolute Gasteiger partial charge is 0.306 e. The highest BCUT2D eigenvalue weighted by Gasteiger charge is 2.80. The summed E-state index contributed by atoms with van der Waals surface area (Å²) in [7, 11) is 0. The van der Waals surface area contributed by atoms with Gasteiger partial charge in [-0.3, -0.25) is 4.79 Å². The predicted molar refractivity (Wildman–Crippen MR) is 104 cm³/mol. The van der Waals surface area contributed by atoms with E-state index in [2.05, 4.69) is 26.5 Å². The van der Waals surface area contributed by atoms with Gasteiger partial charge in [0, 0.05) is 17.8 Å². The predicted octanol–water partition coefficient (Wildman–Crippen LogP) is 5.29. The molecule has 1 aliphatic heterocycles. The molecule has 144 valence electrons. The Morgan fingerprint density at radius 2 is 1.93 bits per heavy atom. The number of allylic oxidation sites excluding steroid dienone is 3. The molecule has 1 saturated heterocycles. The molecular weight excluding hydrogens is 332 g/mol. The second-order valence-corrected chi connectivity index (χ2v) is 11.7. The Bertz CT molecular complexity index is 824. The average molecular weight is 365 g/mol. The standard InChI is InChI=1S/C25H32O2/c1-13-4-7-23(2)17-5-8-24(3)22(21(17)15-11-14(15)18(23)10-13)16-12-19(16)25(24)9-6-20(26)27-25/h10,14-17,19,21-22H,1,4-9,11-12H2,2-3H3/t14-,15+,16-,17+,19+,21-,22+,23-,24+,25+/m1/s1. The summed E-state index contributed by atoms with van der Waals surface area (Å²) in [5.74, 6) is 5.93. The lowest BCUT2D eigenvalue weighted by molar-refractivity contribution is -0.177. The molecule has 0 aromatic heterocycles. The summed E-state index contributed by atoms with van der Waals surface area (Å²) in [6.07, 6.45) is 12.1. The van der Waals surface area contributed by atoms with E-state index in [1.165, 1.54) is 44.1 Å². The Kier molecular flexibility index (Phi) is 2.59. The quantitative estimate of drug-likeness (QED) is 0.546. The Balaban J connectivity index is 1.33. The summed E-state index contributed by atoms with van der Waals surface area (Å²) >= 11 is 0. The summed E-state index contributed by atoms with van der Waals surface area (Å²) in [4.78, 5) is 12.2. The molecule has 0 unspecified atom stereocenters. The van der Waals surface area contributed by atoms with Gasteiger partial charge in [-0.05, 0) is 85.9 Å². The number of esters is 1. The van der Waals surface area contributed by atoms with Crippen molar-refractivity contribution in [2.75, 3.05) is 0 Å². The highest BCUT2D eigenvalue weighted by atomic mass is 16.6. The molecule has 2 nitrogen and oxygen atoms in total. The minimum absolute atomic E-state index is 0.0839.